The lowest BCUT2D eigenvalue weighted by molar-refractivity contribution is 0.0321. The van der Waals surface area contributed by atoms with E-state index in [1.165, 1.54) is 24.8 Å². The van der Waals surface area contributed by atoms with Crippen molar-refractivity contribution in [3.05, 3.63) is 22.4 Å². The third-order valence-electron chi connectivity index (χ3n) is 3.41. The predicted molar refractivity (Wildman–Crippen MR) is 73.7 cm³/mol. The van der Waals surface area contributed by atoms with Gasteiger partial charge in [-0.25, -0.2) is 0 Å². The lowest BCUT2D eigenvalue weighted by atomic mass is 10.0. The van der Waals surface area contributed by atoms with Crippen LogP contribution in [0.3, 0.4) is 0 Å². The van der Waals surface area contributed by atoms with Gasteiger partial charge in [0.1, 0.15) is 0 Å². The topological polar surface area (TPSA) is 21.3 Å². The van der Waals surface area contributed by atoms with Crippen molar-refractivity contribution in [3.63, 3.8) is 0 Å². The van der Waals surface area contributed by atoms with E-state index in [9.17, 15) is 0 Å². The van der Waals surface area contributed by atoms with Crippen LogP contribution in [-0.2, 0) is 11.2 Å². The molecule has 1 aromatic rings. The van der Waals surface area contributed by atoms with Gasteiger partial charge in [-0.1, -0.05) is 6.92 Å². The zero-order valence-corrected chi connectivity index (χ0v) is 11.6. The molecule has 3 atom stereocenters. The Balaban J connectivity index is 1.92. The largest absolute Gasteiger partial charge is 0.374 e. The van der Waals surface area contributed by atoms with Crippen molar-refractivity contribution in [2.24, 2.45) is 0 Å². The molecule has 1 aromatic heterocycles. The number of hydrogen-bond acceptors (Lipinski definition) is 3. The molecule has 0 amide bonds. The van der Waals surface area contributed by atoms with Crippen LogP contribution in [-0.4, -0.2) is 24.8 Å². The van der Waals surface area contributed by atoms with Crippen LogP contribution in [0.1, 0.15) is 38.7 Å². The highest BCUT2D eigenvalue weighted by atomic mass is 32.1. The Kier molecular flexibility index (Phi) is 5.01. The van der Waals surface area contributed by atoms with E-state index in [0.717, 1.165) is 13.0 Å². The first-order valence-electron chi connectivity index (χ1n) is 6.69. The molecule has 2 heterocycles. The van der Waals surface area contributed by atoms with Crippen LogP contribution in [0.5, 0.6) is 0 Å². The molecule has 0 aromatic carbocycles. The average Bonchev–Trinajstić information content (AvgIpc) is 2.95. The van der Waals surface area contributed by atoms with Crippen molar-refractivity contribution in [1.82, 2.24) is 5.32 Å². The Morgan fingerprint density at radius 2 is 2.41 bits per heavy atom. The molecule has 1 saturated heterocycles. The molecular formula is C14H23NOS. The summed E-state index contributed by atoms with van der Waals surface area (Å²) >= 11 is 1.78. The van der Waals surface area contributed by atoms with Gasteiger partial charge in [-0.3, -0.25) is 0 Å². The van der Waals surface area contributed by atoms with Crippen LogP contribution in [0.15, 0.2) is 16.8 Å². The van der Waals surface area contributed by atoms with Gasteiger partial charge in [-0.2, -0.15) is 11.3 Å². The van der Waals surface area contributed by atoms with Gasteiger partial charge in [-0.05, 0) is 61.5 Å². The van der Waals surface area contributed by atoms with E-state index in [1.54, 1.807) is 11.3 Å². The fourth-order valence-corrected chi connectivity index (χ4v) is 3.14. The molecule has 1 aliphatic rings. The van der Waals surface area contributed by atoms with Crippen molar-refractivity contribution in [2.75, 3.05) is 6.54 Å². The smallest absolute Gasteiger partial charge is 0.0735 e. The Morgan fingerprint density at radius 3 is 3.00 bits per heavy atom. The van der Waals surface area contributed by atoms with Gasteiger partial charge in [0.05, 0.1) is 12.2 Å². The summed E-state index contributed by atoms with van der Waals surface area (Å²) in [5.74, 6) is 0. The number of hydrogen-bond donors (Lipinski definition) is 1. The summed E-state index contributed by atoms with van der Waals surface area (Å²) in [5.41, 5.74) is 1.44. The number of nitrogens with one attached hydrogen (secondary N) is 1. The van der Waals surface area contributed by atoms with Gasteiger partial charge in [0.25, 0.3) is 0 Å². The van der Waals surface area contributed by atoms with Crippen LogP contribution in [0.2, 0.25) is 0 Å². The molecule has 1 N–H and O–H groups in total. The van der Waals surface area contributed by atoms with Gasteiger partial charge in [-0.15, -0.1) is 0 Å². The van der Waals surface area contributed by atoms with Gasteiger partial charge >= 0.3 is 0 Å². The molecule has 0 aliphatic carbocycles. The Labute approximate surface area is 108 Å². The first-order valence-corrected chi connectivity index (χ1v) is 7.63. The third kappa shape index (κ3) is 3.80. The van der Waals surface area contributed by atoms with Crippen molar-refractivity contribution < 1.29 is 4.74 Å². The number of ether oxygens (including phenoxy) is 1. The van der Waals surface area contributed by atoms with E-state index >= 15 is 0 Å². The standard InChI is InChI=1S/C14H23NOS/c1-3-7-15-13(9-12-6-8-17-10-12)14-5-4-11(2)16-14/h6,8,10-11,13-15H,3-5,7,9H2,1-2H3. The monoisotopic (exact) mass is 253 g/mol. The first-order chi connectivity index (χ1) is 8.29. The predicted octanol–water partition coefficient (Wildman–Crippen LogP) is 3.23. The van der Waals surface area contributed by atoms with Gasteiger partial charge in [0.15, 0.2) is 0 Å². The highest BCUT2D eigenvalue weighted by Crippen LogP contribution is 2.24. The van der Waals surface area contributed by atoms with Crippen molar-refractivity contribution in [2.45, 2.75) is 57.8 Å². The quantitative estimate of drug-likeness (QED) is 0.840. The molecule has 3 unspecified atom stereocenters. The lowest BCUT2D eigenvalue weighted by Crippen LogP contribution is -2.42. The highest BCUT2D eigenvalue weighted by molar-refractivity contribution is 7.07. The molecule has 2 rings (SSSR count). The van der Waals surface area contributed by atoms with E-state index in [2.05, 4.69) is 36.0 Å². The Bertz CT molecular complexity index is 312. The molecule has 0 spiro atoms. The zero-order chi connectivity index (χ0) is 12.1. The molecule has 1 fully saturated rings. The summed E-state index contributed by atoms with van der Waals surface area (Å²) < 4.78 is 6.01. The van der Waals surface area contributed by atoms with E-state index in [1.807, 2.05) is 0 Å². The van der Waals surface area contributed by atoms with E-state index in [-0.39, 0.29) is 0 Å². The summed E-state index contributed by atoms with van der Waals surface area (Å²) in [4.78, 5) is 0. The second-order valence-corrected chi connectivity index (χ2v) is 5.74. The van der Waals surface area contributed by atoms with Crippen LogP contribution >= 0.6 is 11.3 Å². The molecule has 3 heteroatoms. The maximum Gasteiger partial charge on any atom is 0.0735 e. The molecule has 1 aliphatic heterocycles. The molecule has 17 heavy (non-hydrogen) atoms. The highest BCUT2D eigenvalue weighted by Gasteiger charge is 2.29. The Hall–Kier alpha value is -0.380. The minimum atomic E-state index is 0.399. The van der Waals surface area contributed by atoms with Crippen LogP contribution in [0, 0.1) is 0 Å². The van der Waals surface area contributed by atoms with Crippen LogP contribution < -0.4 is 5.32 Å². The zero-order valence-electron chi connectivity index (χ0n) is 10.8. The summed E-state index contributed by atoms with van der Waals surface area (Å²) in [6.45, 7) is 5.48. The minimum Gasteiger partial charge on any atom is -0.374 e. The molecule has 96 valence electrons. The first kappa shape index (κ1) is 13.1. The second-order valence-electron chi connectivity index (χ2n) is 4.96. The fraction of sp³-hybridized carbons (Fsp3) is 0.714. The number of thiophene rings is 1. The lowest BCUT2D eigenvalue weighted by Gasteiger charge is -2.24. The normalized spacial score (nSPS) is 26.2. The summed E-state index contributed by atoms with van der Waals surface area (Å²) in [6.07, 6.45) is 5.53. The Morgan fingerprint density at radius 1 is 1.53 bits per heavy atom. The van der Waals surface area contributed by atoms with Crippen molar-refractivity contribution in [3.8, 4) is 0 Å². The molecule has 0 bridgehead atoms. The molecule has 0 radical (unpaired) electrons. The molecule has 2 nitrogen and oxygen atoms in total. The maximum absolute atomic E-state index is 6.01. The van der Waals surface area contributed by atoms with Crippen molar-refractivity contribution in [1.29, 1.82) is 0 Å². The third-order valence-corrected chi connectivity index (χ3v) is 4.14. The van der Waals surface area contributed by atoms with E-state index < -0.39 is 0 Å². The minimum absolute atomic E-state index is 0.399. The van der Waals surface area contributed by atoms with Crippen LogP contribution in [0.4, 0.5) is 0 Å². The summed E-state index contributed by atoms with van der Waals surface area (Å²) in [5, 5.41) is 8.06. The second kappa shape index (κ2) is 6.53. The van der Waals surface area contributed by atoms with Crippen LogP contribution in [0.25, 0.3) is 0 Å². The van der Waals surface area contributed by atoms with E-state index in [0.29, 0.717) is 18.2 Å². The molecular weight excluding hydrogens is 230 g/mol. The number of rotatable bonds is 6. The fourth-order valence-electron chi connectivity index (χ4n) is 2.46. The maximum atomic E-state index is 6.01. The average molecular weight is 253 g/mol. The SMILES string of the molecule is CCCNC(Cc1ccsc1)C1CCC(C)O1. The van der Waals surface area contributed by atoms with Crippen molar-refractivity contribution >= 4 is 11.3 Å². The van der Waals surface area contributed by atoms with Gasteiger partial charge in [0, 0.05) is 6.04 Å². The summed E-state index contributed by atoms with van der Waals surface area (Å²) in [7, 11) is 0. The van der Waals surface area contributed by atoms with Gasteiger partial charge < -0.3 is 10.1 Å². The van der Waals surface area contributed by atoms with Gasteiger partial charge in [0.2, 0.25) is 0 Å². The summed E-state index contributed by atoms with van der Waals surface area (Å²) in [6, 6.07) is 2.71. The molecule has 0 saturated carbocycles. The van der Waals surface area contributed by atoms with E-state index in [4.69, 9.17) is 4.74 Å².